The highest BCUT2D eigenvalue weighted by atomic mass is 16.3. The second kappa shape index (κ2) is 6.12. The van der Waals surface area contributed by atoms with E-state index in [1.165, 1.54) is 4.90 Å². The third kappa shape index (κ3) is 2.81. The van der Waals surface area contributed by atoms with Crippen molar-refractivity contribution in [3.8, 4) is 5.69 Å². The molecule has 1 aliphatic heterocycles. The summed E-state index contributed by atoms with van der Waals surface area (Å²) in [7, 11) is 0. The first-order valence-corrected chi connectivity index (χ1v) is 8.70. The van der Waals surface area contributed by atoms with E-state index in [1.807, 2.05) is 43.5 Å². The van der Waals surface area contributed by atoms with Gasteiger partial charge in [0.15, 0.2) is 0 Å². The van der Waals surface area contributed by atoms with Gasteiger partial charge in [-0.25, -0.2) is 9.48 Å². The number of furan rings is 1. The SMILES string of the molecule is Cc1cc(C2(C)NC(=O)N(Cc3ccn(-c4ccccc4)n3)C2=O)c(C)o1. The summed E-state index contributed by atoms with van der Waals surface area (Å²) in [6, 6.07) is 12.8. The molecule has 1 fully saturated rings. The zero-order valence-corrected chi connectivity index (χ0v) is 15.4. The summed E-state index contributed by atoms with van der Waals surface area (Å²) in [6.45, 7) is 5.41. The molecule has 0 radical (unpaired) electrons. The van der Waals surface area contributed by atoms with E-state index in [2.05, 4.69) is 10.4 Å². The first-order chi connectivity index (χ1) is 12.9. The van der Waals surface area contributed by atoms with Crippen LogP contribution in [0, 0.1) is 13.8 Å². The minimum atomic E-state index is -1.14. The topological polar surface area (TPSA) is 80.4 Å². The molecule has 27 heavy (non-hydrogen) atoms. The Morgan fingerprint density at radius 2 is 1.89 bits per heavy atom. The number of nitrogens with one attached hydrogen (secondary N) is 1. The molecule has 1 aliphatic rings. The number of urea groups is 1. The summed E-state index contributed by atoms with van der Waals surface area (Å²) in [6.07, 6.45) is 1.81. The van der Waals surface area contributed by atoms with Gasteiger partial charge in [-0.1, -0.05) is 18.2 Å². The lowest BCUT2D eigenvalue weighted by molar-refractivity contribution is -0.131. The maximum atomic E-state index is 13.0. The van der Waals surface area contributed by atoms with Crippen LogP contribution in [0.15, 0.2) is 53.1 Å². The monoisotopic (exact) mass is 364 g/mol. The maximum Gasteiger partial charge on any atom is 0.325 e. The van der Waals surface area contributed by atoms with E-state index in [9.17, 15) is 9.59 Å². The molecule has 1 unspecified atom stereocenters. The number of hydrogen-bond acceptors (Lipinski definition) is 4. The number of carbonyl (C=O) groups excluding carboxylic acids is 2. The summed E-state index contributed by atoms with van der Waals surface area (Å²) in [5.41, 5.74) is 1.08. The van der Waals surface area contributed by atoms with E-state index < -0.39 is 11.6 Å². The Bertz CT molecular complexity index is 1020. The van der Waals surface area contributed by atoms with Crippen LogP contribution in [0.4, 0.5) is 4.79 Å². The van der Waals surface area contributed by atoms with E-state index >= 15 is 0 Å². The molecule has 1 N–H and O–H groups in total. The second-order valence-corrected chi connectivity index (χ2v) is 6.86. The number of rotatable bonds is 4. The van der Waals surface area contributed by atoms with Gasteiger partial charge in [-0.3, -0.25) is 9.69 Å². The highest BCUT2D eigenvalue weighted by Gasteiger charge is 2.50. The van der Waals surface area contributed by atoms with Crippen LogP contribution in [0.2, 0.25) is 0 Å². The molecule has 1 aromatic carbocycles. The van der Waals surface area contributed by atoms with Crippen molar-refractivity contribution >= 4 is 11.9 Å². The summed E-state index contributed by atoms with van der Waals surface area (Å²) in [5.74, 6) is 1.01. The van der Waals surface area contributed by atoms with Crippen LogP contribution >= 0.6 is 0 Å². The van der Waals surface area contributed by atoms with Crippen molar-refractivity contribution in [2.45, 2.75) is 32.9 Å². The van der Waals surface area contributed by atoms with Crippen LogP contribution in [-0.2, 0) is 16.9 Å². The summed E-state index contributed by atoms with van der Waals surface area (Å²) >= 11 is 0. The van der Waals surface area contributed by atoms with Crippen molar-refractivity contribution in [1.82, 2.24) is 20.0 Å². The Kier molecular flexibility index (Phi) is 3.87. The number of aryl methyl sites for hydroxylation is 2. The number of imide groups is 1. The highest BCUT2D eigenvalue weighted by Crippen LogP contribution is 2.33. The van der Waals surface area contributed by atoms with Crippen LogP contribution < -0.4 is 5.32 Å². The fourth-order valence-corrected chi connectivity index (χ4v) is 3.48. The van der Waals surface area contributed by atoms with Crippen molar-refractivity contribution in [2.75, 3.05) is 0 Å². The molecule has 1 saturated heterocycles. The van der Waals surface area contributed by atoms with Crippen LogP contribution in [0.25, 0.3) is 5.69 Å². The molecule has 3 aromatic rings. The molecule has 0 aliphatic carbocycles. The van der Waals surface area contributed by atoms with Crippen LogP contribution in [-0.4, -0.2) is 26.6 Å². The van der Waals surface area contributed by atoms with Gasteiger partial charge >= 0.3 is 6.03 Å². The van der Waals surface area contributed by atoms with Crippen molar-refractivity contribution in [3.63, 3.8) is 0 Å². The van der Waals surface area contributed by atoms with E-state index in [0.29, 0.717) is 22.8 Å². The Hall–Kier alpha value is -3.35. The molecule has 0 bridgehead atoms. The molecule has 7 heteroatoms. The second-order valence-electron chi connectivity index (χ2n) is 6.86. The van der Waals surface area contributed by atoms with Gasteiger partial charge in [0.2, 0.25) is 0 Å². The van der Waals surface area contributed by atoms with Gasteiger partial charge in [0.1, 0.15) is 17.1 Å². The van der Waals surface area contributed by atoms with Gasteiger partial charge in [-0.2, -0.15) is 5.10 Å². The molecule has 4 rings (SSSR count). The van der Waals surface area contributed by atoms with E-state index in [-0.39, 0.29) is 12.5 Å². The Labute approximate surface area is 156 Å². The third-order valence-corrected chi connectivity index (χ3v) is 4.84. The van der Waals surface area contributed by atoms with Crippen molar-refractivity contribution in [1.29, 1.82) is 0 Å². The third-order valence-electron chi connectivity index (χ3n) is 4.84. The number of nitrogens with zero attached hydrogens (tertiary/aromatic N) is 3. The molecule has 0 spiro atoms. The summed E-state index contributed by atoms with van der Waals surface area (Å²) in [4.78, 5) is 26.7. The Morgan fingerprint density at radius 3 is 2.56 bits per heavy atom. The van der Waals surface area contributed by atoms with Crippen LogP contribution in [0.5, 0.6) is 0 Å². The van der Waals surface area contributed by atoms with Crippen molar-refractivity contribution in [3.05, 3.63) is 71.4 Å². The predicted molar refractivity (Wildman–Crippen MR) is 98.2 cm³/mol. The highest BCUT2D eigenvalue weighted by molar-refractivity contribution is 6.07. The van der Waals surface area contributed by atoms with Crippen LogP contribution in [0.3, 0.4) is 0 Å². The minimum Gasteiger partial charge on any atom is -0.466 e. The minimum absolute atomic E-state index is 0.107. The zero-order valence-electron chi connectivity index (χ0n) is 15.4. The fourth-order valence-electron chi connectivity index (χ4n) is 3.48. The largest absolute Gasteiger partial charge is 0.466 e. The van der Waals surface area contributed by atoms with E-state index in [0.717, 1.165) is 5.69 Å². The van der Waals surface area contributed by atoms with E-state index in [1.54, 1.807) is 30.7 Å². The van der Waals surface area contributed by atoms with Gasteiger partial charge in [0.25, 0.3) is 5.91 Å². The molecule has 3 heterocycles. The molecule has 2 aromatic heterocycles. The van der Waals surface area contributed by atoms with Crippen LogP contribution in [0.1, 0.15) is 29.7 Å². The van der Waals surface area contributed by atoms with Gasteiger partial charge in [-0.05, 0) is 45.0 Å². The average molecular weight is 364 g/mol. The van der Waals surface area contributed by atoms with Crippen molar-refractivity contribution < 1.29 is 14.0 Å². The molecular formula is C20H20N4O3. The zero-order chi connectivity index (χ0) is 19.2. The first-order valence-electron chi connectivity index (χ1n) is 8.70. The molecule has 1 atom stereocenters. The van der Waals surface area contributed by atoms with Gasteiger partial charge in [-0.15, -0.1) is 0 Å². The quantitative estimate of drug-likeness (QED) is 0.722. The van der Waals surface area contributed by atoms with Gasteiger partial charge in [0.05, 0.1) is 17.9 Å². The first kappa shape index (κ1) is 17.1. The number of para-hydroxylation sites is 1. The number of aromatic nitrogens is 2. The molecule has 0 saturated carbocycles. The van der Waals surface area contributed by atoms with Gasteiger partial charge in [0, 0.05) is 11.8 Å². The fraction of sp³-hybridized carbons (Fsp3) is 0.250. The number of benzene rings is 1. The smallest absolute Gasteiger partial charge is 0.325 e. The lowest BCUT2D eigenvalue weighted by Crippen LogP contribution is -2.41. The Balaban J connectivity index is 1.59. The predicted octanol–water partition coefficient (Wildman–Crippen LogP) is 3.05. The molecule has 3 amide bonds. The lowest BCUT2D eigenvalue weighted by atomic mass is 9.92. The molecular weight excluding hydrogens is 344 g/mol. The number of hydrogen-bond donors (Lipinski definition) is 1. The van der Waals surface area contributed by atoms with E-state index in [4.69, 9.17) is 4.42 Å². The normalized spacial score (nSPS) is 19.6. The summed E-state index contributed by atoms with van der Waals surface area (Å²) < 4.78 is 7.26. The maximum absolute atomic E-state index is 13.0. The number of amides is 3. The summed E-state index contributed by atoms with van der Waals surface area (Å²) in [5, 5.41) is 7.28. The van der Waals surface area contributed by atoms with Crippen molar-refractivity contribution in [2.24, 2.45) is 0 Å². The van der Waals surface area contributed by atoms with Gasteiger partial charge < -0.3 is 9.73 Å². The standard InChI is InChI=1S/C20H20N4O3/c1-13-11-17(14(2)27-13)20(3)18(25)23(19(26)21-20)12-15-9-10-24(22-15)16-7-5-4-6-8-16/h4-11H,12H2,1-3H3,(H,21,26). The Morgan fingerprint density at radius 1 is 1.15 bits per heavy atom. The molecule has 138 valence electrons. The lowest BCUT2D eigenvalue weighted by Gasteiger charge is -2.21. The molecule has 7 nitrogen and oxygen atoms in total. The average Bonchev–Trinajstić information content (AvgIpc) is 3.30. The number of carbonyl (C=O) groups is 2.